The largest absolute Gasteiger partial charge is 0.463 e. The van der Waals surface area contributed by atoms with E-state index in [1.54, 1.807) is 13.1 Å². The summed E-state index contributed by atoms with van der Waals surface area (Å²) in [6.45, 7) is 4.97. The first-order chi connectivity index (χ1) is 14.6. The zero-order valence-corrected chi connectivity index (χ0v) is 18.9. The smallest absolute Gasteiger partial charge is 0.330 e. The van der Waals surface area contributed by atoms with E-state index in [0.717, 1.165) is 57.3 Å². The maximum absolute atomic E-state index is 12.1. The Morgan fingerprint density at radius 1 is 1.27 bits per heavy atom. The fraction of sp³-hybridized carbons (Fsp3) is 0.391. The van der Waals surface area contributed by atoms with Gasteiger partial charge < -0.3 is 4.74 Å². The van der Waals surface area contributed by atoms with Crippen LogP contribution in [0.3, 0.4) is 0 Å². The van der Waals surface area contributed by atoms with Crippen LogP contribution in [0, 0.1) is 0 Å². The van der Waals surface area contributed by atoms with Gasteiger partial charge in [0, 0.05) is 57.5 Å². The Labute approximate surface area is 184 Å². The summed E-state index contributed by atoms with van der Waals surface area (Å²) < 4.78 is 7.95. The molecule has 0 aromatic carbocycles. The van der Waals surface area contributed by atoms with Crippen molar-refractivity contribution in [1.82, 2.24) is 19.7 Å². The Morgan fingerprint density at radius 3 is 2.77 bits per heavy atom. The van der Waals surface area contributed by atoms with Crippen LogP contribution in [0.1, 0.15) is 56.7 Å². The minimum atomic E-state index is -0.350. The molecule has 4 rings (SSSR count). The Bertz CT molecular complexity index is 1100. The molecule has 7 heteroatoms. The number of aromatic nitrogens is 4. The van der Waals surface area contributed by atoms with E-state index in [-0.39, 0.29) is 5.97 Å². The van der Waals surface area contributed by atoms with Crippen LogP contribution in [0.15, 0.2) is 35.2 Å². The number of esters is 1. The maximum Gasteiger partial charge on any atom is 0.330 e. The highest BCUT2D eigenvalue weighted by molar-refractivity contribution is 9.10. The van der Waals surface area contributed by atoms with Crippen molar-refractivity contribution in [3.8, 4) is 11.1 Å². The van der Waals surface area contributed by atoms with Crippen LogP contribution in [0.5, 0.6) is 0 Å². The van der Waals surface area contributed by atoms with Gasteiger partial charge in [0.15, 0.2) is 5.65 Å². The van der Waals surface area contributed by atoms with Gasteiger partial charge in [0.05, 0.1) is 18.5 Å². The molecule has 0 bridgehead atoms. The van der Waals surface area contributed by atoms with E-state index >= 15 is 0 Å². The Morgan fingerprint density at radius 2 is 2.07 bits per heavy atom. The van der Waals surface area contributed by atoms with Crippen LogP contribution in [-0.2, 0) is 16.1 Å². The van der Waals surface area contributed by atoms with Gasteiger partial charge in [0.25, 0.3) is 0 Å². The molecule has 0 amide bonds. The molecule has 0 unspecified atom stereocenters. The molecule has 1 saturated carbocycles. The van der Waals surface area contributed by atoms with Crippen LogP contribution < -0.4 is 0 Å². The molecule has 6 nitrogen and oxygen atoms in total. The van der Waals surface area contributed by atoms with Gasteiger partial charge in [-0.05, 0) is 54.8 Å². The van der Waals surface area contributed by atoms with Crippen LogP contribution in [0.4, 0.5) is 0 Å². The minimum absolute atomic E-state index is 0.349. The summed E-state index contributed by atoms with van der Waals surface area (Å²) in [5.74, 6) is 0.0212. The summed E-state index contributed by atoms with van der Waals surface area (Å²) in [5, 5.41) is 5.52. The average Bonchev–Trinajstić information content (AvgIpc) is 3.41. The summed E-state index contributed by atoms with van der Waals surface area (Å²) in [4.78, 5) is 21.6. The third-order valence-corrected chi connectivity index (χ3v) is 5.99. The molecule has 0 spiro atoms. The van der Waals surface area contributed by atoms with E-state index in [2.05, 4.69) is 32.9 Å². The molecule has 0 N–H and O–H groups in total. The normalized spacial score (nSPS) is 14.8. The van der Waals surface area contributed by atoms with E-state index in [4.69, 9.17) is 9.72 Å². The first kappa shape index (κ1) is 20.7. The lowest BCUT2D eigenvalue weighted by molar-refractivity contribution is -0.137. The van der Waals surface area contributed by atoms with Crippen LogP contribution in [0.2, 0.25) is 0 Å². The van der Waals surface area contributed by atoms with E-state index in [1.165, 1.54) is 18.9 Å². The molecule has 0 radical (unpaired) electrons. The van der Waals surface area contributed by atoms with Gasteiger partial charge in [-0.15, -0.1) is 0 Å². The number of carbonyl (C=O) groups is 1. The highest BCUT2D eigenvalue weighted by Crippen LogP contribution is 2.41. The number of halogens is 1. The number of hydrogen-bond donors (Lipinski definition) is 0. The van der Waals surface area contributed by atoms with Crippen molar-refractivity contribution in [2.45, 2.75) is 52.0 Å². The molecule has 156 valence electrons. The van der Waals surface area contributed by atoms with Gasteiger partial charge >= 0.3 is 5.97 Å². The predicted octanol–water partition coefficient (Wildman–Crippen LogP) is 5.51. The first-order valence-electron chi connectivity index (χ1n) is 10.5. The second kappa shape index (κ2) is 9.08. The zero-order chi connectivity index (χ0) is 21.1. The van der Waals surface area contributed by atoms with Gasteiger partial charge in [-0.1, -0.05) is 12.8 Å². The molecule has 0 aliphatic heterocycles. The summed E-state index contributed by atoms with van der Waals surface area (Å²) in [5.41, 5.74) is 4.84. The Hall–Kier alpha value is -2.54. The number of aryl methyl sites for hydroxylation is 1. The number of fused-ring (bicyclic) bond motifs is 1. The molecule has 3 heterocycles. The van der Waals surface area contributed by atoms with Crippen molar-refractivity contribution < 1.29 is 9.53 Å². The van der Waals surface area contributed by atoms with Crippen molar-refractivity contribution >= 4 is 39.0 Å². The molecule has 3 aromatic heterocycles. The SMILES string of the molecule is CCOC(=O)C=Cc1c(C2CCCC2)nc2c(cnn2CC)c1-c1cncc(Br)c1. The predicted molar refractivity (Wildman–Crippen MR) is 121 cm³/mol. The fourth-order valence-electron chi connectivity index (χ4n) is 4.23. The Balaban J connectivity index is 2.01. The lowest BCUT2D eigenvalue weighted by Gasteiger charge is -2.18. The van der Waals surface area contributed by atoms with Crippen molar-refractivity contribution in [2.24, 2.45) is 0 Å². The molecule has 30 heavy (non-hydrogen) atoms. The first-order valence-corrected chi connectivity index (χ1v) is 11.3. The van der Waals surface area contributed by atoms with Crippen molar-refractivity contribution in [1.29, 1.82) is 0 Å². The van der Waals surface area contributed by atoms with Gasteiger partial charge in [0.2, 0.25) is 0 Å². The van der Waals surface area contributed by atoms with Crippen LogP contribution in [-0.4, -0.2) is 32.3 Å². The third kappa shape index (κ3) is 4.03. The number of rotatable bonds is 6. The molecule has 0 saturated heterocycles. The van der Waals surface area contributed by atoms with Crippen molar-refractivity contribution in [3.63, 3.8) is 0 Å². The quantitative estimate of drug-likeness (QED) is 0.352. The van der Waals surface area contributed by atoms with E-state index in [9.17, 15) is 4.79 Å². The fourth-order valence-corrected chi connectivity index (χ4v) is 4.60. The van der Waals surface area contributed by atoms with Gasteiger partial charge in [-0.2, -0.15) is 5.10 Å². The summed E-state index contributed by atoms with van der Waals surface area (Å²) in [7, 11) is 0. The molecule has 1 aliphatic carbocycles. The van der Waals surface area contributed by atoms with Gasteiger partial charge in [-0.25, -0.2) is 14.5 Å². The molecular formula is C23H25BrN4O2. The summed E-state index contributed by atoms with van der Waals surface area (Å²) >= 11 is 3.54. The molecule has 3 aromatic rings. The van der Waals surface area contributed by atoms with E-state index < -0.39 is 0 Å². The number of hydrogen-bond acceptors (Lipinski definition) is 5. The monoisotopic (exact) mass is 468 g/mol. The number of ether oxygens (including phenoxy) is 1. The van der Waals surface area contributed by atoms with Crippen LogP contribution in [0.25, 0.3) is 28.2 Å². The summed E-state index contributed by atoms with van der Waals surface area (Å²) in [6, 6.07) is 2.05. The van der Waals surface area contributed by atoms with Crippen molar-refractivity contribution in [3.05, 3.63) is 46.5 Å². The molecule has 1 fully saturated rings. The minimum Gasteiger partial charge on any atom is -0.463 e. The number of nitrogens with zero attached hydrogens (tertiary/aromatic N) is 4. The zero-order valence-electron chi connectivity index (χ0n) is 17.3. The Kier molecular flexibility index (Phi) is 6.27. The highest BCUT2D eigenvalue weighted by Gasteiger charge is 2.26. The second-order valence-electron chi connectivity index (χ2n) is 7.44. The standard InChI is InChI=1S/C23H25BrN4O2/c1-3-28-23-19(14-26-28)21(16-11-17(24)13-25-12-16)18(9-10-20(29)30-4-2)22(27-23)15-7-5-6-8-15/h9-15H,3-8H2,1-2H3. The summed E-state index contributed by atoms with van der Waals surface area (Å²) in [6.07, 6.45) is 13.5. The maximum atomic E-state index is 12.1. The lowest BCUT2D eigenvalue weighted by atomic mass is 9.90. The average molecular weight is 469 g/mol. The topological polar surface area (TPSA) is 69.9 Å². The number of pyridine rings is 2. The highest BCUT2D eigenvalue weighted by atomic mass is 79.9. The number of carbonyl (C=O) groups excluding carboxylic acids is 1. The van der Waals surface area contributed by atoms with E-state index in [0.29, 0.717) is 12.5 Å². The van der Waals surface area contributed by atoms with E-state index in [1.807, 2.05) is 29.2 Å². The van der Waals surface area contributed by atoms with Gasteiger partial charge in [0.1, 0.15) is 0 Å². The van der Waals surface area contributed by atoms with Crippen LogP contribution >= 0.6 is 15.9 Å². The lowest BCUT2D eigenvalue weighted by Crippen LogP contribution is -2.06. The molecular weight excluding hydrogens is 444 g/mol. The third-order valence-electron chi connectivity index (χ3n) is 5.56. The molecule has 0 atom stereocenters. The second-order valence-corrected chi connectivity index (χ2v) is 8.36. The van der Waals surface area contributed by atoms with Crippen molar-refractivity contribution in [2.75, 3.05) is 6.61 Å². The molecule has 1 aliphatic rings. The van der Waals surface area contributed by atoms with Gasteiger partial charge in [-0.3, -0.25) is 4.98 Å².